The summed E-state index contributed by atoms with van der Waals surface area (Å²) in [5.74, 6) is 0.226. The lowest BCUT2D eigenvalue weighted by Crippen LogP contribution is -2.47. The van der Waals surface area contributed by atoms with Gasteiger partial charge in [0.05, 0.1) is 0 Å². The summed E-state index contributed by atoms with van der Waals surface area (Å²) in [6.07, 6.45) is 4.82. The minimum atomic E-state index is 0.226. The molecule has 0 bridgehead atoms. The highest BCUT2D eigenvalue weighted by molar-refractivity contribution is 5.73. The van der Waals surface area contributed by atoms with Crippen LogP contribution < -0.4 is 10.6 Å². The lowest BCUT2D eigenvalue weighted by molar-refractivity contribution is -0.131. The maximum absolute atomic E-state index is 11.4. The van der Waals surface area contributed by atoms with E-state index < -0.39 is 0 Å². The van der Waals surface area contributed by atoms with Crippen molar-refractivity contribution in [3.05, 3.63) is 24.3 Å². The largest absolute Gasteiger partial charge is 0.399 e. The Morgan fingerprint density at radius 1 is 1.00 bits per heavy atom. The van der Waals surface area contributed by atoms with Gasteiger partial charge in [-0.1, -0.05) is 0 Å². The van der Waals surface area contributed by atoms with Crippen molar-refractivity contribution in [2.45, 2.75) is 32.6 Å². The number of benzene rings is 1. The smallest absolute Gasteiger partial charge is 0.219 e. The summed E-state index contributed by atoms with van der Waals surface area (Å²) in [7, 11) is 0. The molecular formula is C17H25N3O. The van der Waals surface area contributed by atoms with Gasteiger partial charge in [-0.15, -0.1) is 0 Å². The van der Waals surface area contributed by atoms with Gasteiger partial charge in [0.1, 0.15) is 0 Å². The SMILES string of the molecule is CC(=O)N1CCC2(CC1)CCN(c1ccc(N)cc1)CC2. The molecule has 0 unspecified atom stereocenters. The lowest BCUT2D eigenvalue weighted by atomic mass is 9.71. The normalized spacial score (nSPS) is 21.6. The molecule has 1 aromatic rings. The fourth-order valence-corrected chi connectivity index (χ4v) is 3.72. The summed E-state index contributed by atoms with van der Waals surface area (Å²) in [5.41, 5.74) is 8.32. The second kappa shape index (κ2) is 5.58. The van der Waals surface area contributed by atoms with Crippen molar-refractivity contribution in [3.63, 3.8) is 0 Å². The maximum atomic E-state index is 11.4. The fourth-order valence-electron chi connectivity index (χ4n) is 3.72. The van der Waals surface area contributed by atoms with Crippen LogP contribution in [0.1, 0.15) is 32.6 Å². The number of carbonyl (C=O) groups excluding carboxylic acids is 1. The van der Waals surface area contributed by atoms with Crippen LogP contribution in [0, 0.1) is 5.41 Å². The Morgan fingerprint density at radius 2 is 1.52 bits per heavy atom. The van der Waals surface area contributed by atoms with E-state index in [1.807, 2.05) is 17.0 Å². The summed E-state index contributed by atoms with van der Waals surface area (Å²) in [6.45, 7) is 5.80. The highest BCUT2D eigenvalue weighted by Gasteiger charge is 2.37. The van der Waals surface area contributed by atoms with Gasteiger partial charge in [-0.05, 0) is 55.4 Å². The molecule has 4 nitrogen and oxygen atoms in total. The maximum Gasteiger partial charge on any atom is 0.219 e. The Kier molecular flexibility index (Phi) is 3.79. The third-order valence-electron chi connectivity index (χ3n) is 5.35. The Bertz CT molecular complexity index is 493. The average Bonchev–Trinajstić information content (AvgIpc) is 2.50. The number of hydrogen-bond donors (Lipinski definition) is 1. The van der Waals surface area contributed by atoms with Gasteiger partial charge in [0.2, 0.25) is 5.91 Å². The van der Waals surface area contributed by atoms with Gasteiger partial charge >= 0.3 is 0 Å². The Labute approximate surface area is 126 Å². The van der Waals surface area contributed by atoms with Gasteiger partial charge in [0, 0.05) is 44.5 Å². The summed E-state index contributed by atoms with van der Waals surface area (Å²) in [5, 5.41) is 0. The van der Waals surface area contributed by atoms with E-state index in [4.69, 9.17) is 5.73 Å². The number of hydrogen-bond acceptors (Lipinski definition) is 3. The van der Waals surface area contributed by atoms with Crippen LogP contribution in [0.2, 0.25) is 0 Å². The second-order valence-electron chi connectivity index (χ2n) is 6.58. The summed E-state index contributed by atoms with van der Waals surface area (Å²) in [6, 6.07) is 8.19. The predicted molar refractivity (Wildman–Crippen MR) is 86.2 cm³/mol. The number of piperidine rings is 2. The molecular weight excluding hydrogens is 262 g/mol. The third kappa shape index (κ3) is 2.99. The van der Waals surface area contributed by atoms with Crippen LogP contribution in [0.3, 0.4) is 0 Å². The minimum Gasteiger partial charge on any atom is -0.399 e. The topological polar surface area (TPSA) is 49.6 Å². The molecule has 1 aromatic carbocycles. The molecule has 0 radical (unpaired) electrons. The van der Waals surface area contributed by atoms with Crippen molar-refractivity contribution in [3.8, 4) is 0 Å². The number of nitrogen functional groups attached to an aromatic ring is 1. The van der Waals surface area contributed by atoms with Crippen LogP contribution in [0.15, 0.2) is 24.3 Å². The first-order chi connectivity index (χ1) is 10.1. The van der Waals surface area contributed by atoms with Crippen LogP contribution in [0.4, 0.5) is 11.4 Å². The zero-order valence-electron chi connectivity index (χ0n) is 12.8. The number of carbonyl (C=O) groups is 1. The number of amides is 1. The van der Waals surface area contributed by atoms with Crippen LogP contribution in [-0.2, 0) is 4.79 Å². The molecule has 3 rings (SSSR count). The third-order valence-corrected chi connectivity index (χ3v) is 5.35. The fraction of sp³-hybridized carbons (Fsp3) is 0.588. The van der Waals surface area contributed by atoms with Gasteiger partial charge < -0.3 is 15.5 Å². The highest BCUT2D eigenvalue weighted by Crippen LogP contribution is 2.42. The van der Waals surface area contributed by atoms with Crippen LogP contribution in [-0.4, -0.2) is 37.0 Å². The molecule has 2 saturated heterocycles. The van der Waals surface area contributed by atoms with Crippen molar-refractivity contribution < 1.29 is 4.79 Å². The van der Waals surface area contributed by atoms with Gasteiger partial charge in [-0.25, -0.2) is 0 Å². The molecule has 2 N–H and O–H groups in total. The van der Waals surface area contributed by atoms with E-state index >= 15 is 0 Å². The molecule has 2 heterocycles. The van der Waals surface area contributed by atoms with Crippen molar-refractivity contribution in [1.29, 1.82) is 0 Å². The average molecular weight is 287 g/mol. The number of nitrogens with two attached hydrogens (primary N) is 1. The Hall–Kier alpha value is -1.71. The lowest BCUT2D eigenvalue weighted by Gasteiger charge is -2.47. The molecule has 114 valence electrons. The van der Waals surface area contributed by atoms with Crippen molar-refractivity contribution in [2.24, 2.45) is 5.41 Å². The van der Waals surface area contributed by atoms with Crippen LogP contribution >= 0.6 is 0 Å². The molecule has 21 heavy (non-hydrogen) atoms. The van der Waals surface area contributed by atoms with Gasteiger partial charge in [0.25, 0.3) is 0 Å². The zero-order chi connectivity index (χ0) is 14.9. The molecule has 0 aromatic heterocycles. The number of anilines is 2. The number of nitrogens with zero attached hydrogens (tertiary/aromatic N) is 2. The standard InChI is InChI=1S/C17H25N3O/c1-14(21)19-10-6-17(7-11-19)8-12-20(13-9-17)16-4-2-15(18)3-5-16/h2-5H,6-13,18H2,1H3. The van der Waals surface area contributed by atoms with E-state index in [2.05, 4.69) is 17.0 Å². The van der Waals surface area contributed by atoms with Crippen molar-refractivity contribution >= 4 is 17.3 Å². The first-order valence-electron chi connectivity index (χ1n) is 7.94. The minimum absolute atomic E-state index is 0.226. The van der Waals surface area contributed by atoms with E-state index in [0.29, 0.717) is 5.41 Å². The zero-order valence-corrected chi connectivity index (χ0v) is 12.8. The molecule has 4 heteroatoms. The highest BCUT2D eigenvalue weighted by atomic mass is 16.2. The number of likely N-dealkylation sites (tertiary alicyclic amines) is 1. The van der Waals surface area contributed by atoms with Gasteiger partial charge in [-0.3, -0.25) is 4.79 Å². The second-order valence-corrected chi connectivity index (χ2v) is 6.58. The summed E-state index contributed by atoms with van der Waals surface area (Å²) in [4.78, 5) is 15.9. The Balaban J connectivity index is 1.58. The van der Waals surface area contributed by atoms with Crippen molar-refractivity contribution in [2.75, 3.05) is 36.8 Å². The van der Waals surface area contributed by atoms with Gasteiger partial charge in [-0.2, -0.15) is 0 Å². The molecule has 0 aliphatic carbocycles. The van der Waals surface area contributed by atoms with E-state index in [1.165, 1.54) is 31.4 Å². The molecule has 1 spiro atoms. The quantitative estimate of drug-likeness (QED) is 0.807. The molecule has 2 aliphatic rings. The van der Waals surface area contributed by atoms with Gasteiger partial charge in [0.15, 0.2) is 0 Å². The van der Waals surface area contributed by atoms with Crippen LogP contribution in [0.25, 0.3) is 0 Å². The molecule has 0 saturated carbocycles. The summed E-state index contributed by atoms with van der Waals surface area (Å²) < 4.78 is 0. The number of rotatable bonds is 1. The first kappa shape index (κ1) is 14.2. The van der Waals surface area contributed by atoms with Crippen molar-refractivity contribution in [1.82, 2.24) is 4.90 Å². The molecule has 1 amide bonds. The van der Waals surface area contributed by atoms with E-state index in [0.717, 1.165) is 31.9 Å². The molecule has 2 fully saturated rings. The summed E-state index contributed by atoms with van der Waals surface area (Å²) >= 11 is 0. The Morgan fingerprint density at radius 3 is 2.05 bits per heavy atom. The molecule has 2 aliphatic heterocycles. The van der Waals surface area contributed by atoms with Crippen LogP contribution in [0.5, 0.6) is 0 Å². The van der Waals surface area contributed by atoms with E-state index in [1.54, 1.807) is 6.92 Å². The van der Waals surface area contributed by atoms with E-state index in [9.17, 15) is 4.79 Å². The predicted octanol–water partition coefficient (Wildman–Crippen LogP) is 2.50. The molecule has 0 atom stereocenters. The monoisotopic (exact) mass is 287 g/mol. The first-order valence-corrected chi connectivity index (χ1v) is 7.94. The van der Waals surface area contributed by atoms with E-state index in [-0.39, 0.29) is 5.91 Å².